The molecule has 0 heterocycles. The van der Waals surface area contributed by atoms with Gasteiger partial charge in [-0.25, -0.2) is 0 Å². The number of benzene rings is 2. The van der Waals surface area contributed by atoms with Crippen molar-refractivity contribution in [1.29, 1.82) is 0 Å². The van der Waals surface area contributed by atoms with Crippen LogP contribution >= 0.6 is 0 Å². The normalized spacial score (nSPS) is 21.3. The van der Waals surface area contributed by atoms with Crippen LogP contribution in [0.2, 0.25) is 5.04 Å². The van der Waals surface area contributed by atoms with E-state index < -0.39 is 8.32 Å². The third-order valence-corrected chi connectivity index (χ3v) is 10.6. The summed E-state index contributed by atoms with van der Waals surface area (Å²) >= 11 is 0. The fourth-order valence-corrected chi connectivity index (χ4v) is 8.75. The highest BCUT2D eigenvalue weighted by Crippen LogP contribution is 2.42. The van der Waals surface area contributed by atoms with Crippen molar-refractivity contribution in [1.82, 2.24) is 0 Å². The summed E-state index contributed by atoms with van der Waals surface area (Å²) in [4.78, 5) is 0. The Morgan fingerprint density at radius 1 is 0.875 bits per heavy atom. The van der Waals surface area contributed by atoms with Gasteiger partial charge in [-0.05, 0) is 34.2 Å². The van der Waals surface area contributed by atoms with Crippen LogP contribution in [0.1, 0.15) is 47.0 Å². The van der Waals surface area contributed by atoms with E-state index >= 15 is 0 Å². The molecule has 0 aliphatic heterocycles. The third kappa shape index (κ3) is 3.10. The zero-order valence-corrected chi connectivity index (χ0v) is 16.5. The van der Waals surface area contributed by atoms with E-state index in [1.165, 1.54) is 29.6 Å². The van der Waals surface area contributed by atoms with Gasteiger partial charge in [0.1, 0.15) is 0 Å². The van der Waals surface area contributed by atoms with Crippen molar-refractivity contribution in [2.24, 2.45) is 5.92 Å². The second-order valence-electron chi connectivity index (χ2n) is 8.15. The first-order valence-electron chi connectivity index (χ1n) is 9.26. The molecule has 0 aromatic heterocycles. The van der Waals surface area contributed by atoms with E-state index in [1.807, 2.05) is 0 Å². The maximum Gasteiger partial charge on any atom is 0.261 e. The quantitative estimate of drug-likeness (QED) is 0.715. The Hall–Kier alpha value is -1.38. The molecule has 0 bridgehead atoms. The first-order chi connectivity index (χ1) is 11.5. The molecule has 24 heavy (non-hydrogen) atoms. The molecular formula is C22H30OSi. The summed E-state index contributed by atoms with van der Waals surface area (Å²) in [5, 5.41) is 2.87. The summed E-state index contributed by atoms with van der Waals surface area (Å²) in [6.45, 7) is 9.36. The number of hydrogen-bond acceptors (Lipinski definition) is 1. The van der Waals surface area contributed by atoms with Gasteiger partial charge in [0.25, 0.3) is 8.32 Å². The number of hydrogen-bond donors (Lipinski definition) is 0. The van der Waals surface area contributed by atoms with Crippen LogP contribution in [0.25, 0.3) is 0 Å². The summed E-state index contributed by atoms with van der Waals surface area (Å²) in [6, 6.07) is 22.0. The van der Waals surface area contributed by atoms with Crippen molar-refractivity contribution >= 4 is 18.7 Å². The Kier molecular flexibility index (Phi) is 4.98. The minimum atomic E-state index is -2.32. The Bertz CT molecular complexity index is 599. The van der Waals surface area contributed by atoms with E-state index in [4.69, 9.17) is 4.43 Å². The summed E-state index contributed by atoms with van der Waals surface area (Å²) in [7, 11) is -2.32. The van der Waals surface area contributed by atoms with Crippen LogP contribution in [-0.2, 0) is 4.43 Å². The molecule has 2 aromatic carbocycles. The van der Waals surface area contributed by atoms with Gasteiger partial charge in [-0.1, -0.05) is 94.8 Å². The topological polar surface area (TPSA) is 9.23 Å². The first kappa shape index (κ1) is 17.4. The summed E-state index contributed by atoms with van der Waals surface area (Å²) in [5.74, 6) is 0.855. The molecule has 0 N–H and O–H groups in total. The Morgan fingerprint density at radius 3 is 1.71 bits per heavy atom. The molecule has 128 valence electrons. The van der Waals surface area contributed by atoms with Crippen molar-refractivity contribution in [3.8, 4) is 0 Å². The largest absolute Gasteiger partial charge is 0.404 e. The maximum absolute atomic E-state index is 7.08. The maximum atomic E-state index is 7.08. The van der Waals surface area contributed by atoms with E-state index in [-0.39, 0.29) is 5.04 Å². The Labute approximate surface area is 148 Å². The summed E-state index contributed by atoms with van der Waals surface area (Å²) < 4.78 is 7.08. The minimum Gasteiger partial charge on any atom is -0.404 e. The average molecular weight is 339 g/mol. The zero-order chi connectivity index (χ0) is 17.2. The molecule has 0 saturated heterocycles. The molecule has 3 rings (SSSR count). The van der Waals surface area contributed by atoms with Crippen molar-refractivity contribution in [3.05, 3.63) is 60.7 Å². The van der Waals surface area contributed by atoms with Crippen molar-refractivity contribution < 1.29 is 4.43 Å². The summed E-state index contributed by atoms with van der Waals surface area (Å²) in [5.41, 5.74) is 0. The molecule has 1 nitrogen and oxygen atoms in total. The lowest BCUT2D eigenvalue weighted by Gasteiger charge is -2.48. The van der Waals surface area contributed by atoms with E-state index in [9.17, 15) is 0 Å². The zero-order valence-electron chi connectivity index (χ0n) is 15.5. The van der Waals surface area contributed by atoms with Crippen LogP contribution < -0.4 is 10.4 Å². The van der Waals surface area contributed by atoms with Crippen LogP contribution in [-0.4, -0.2) is 14.4 Å². The molecule has 0 radical (unpaired) electrons. The van der Waals surface area contributed by atoms with Crippen LogP contribution in [0, 0.1) is 5.92 Å². The Morgan fingerprint density at radius 2 is 1.33 bits per heavy atom. The van der Waals surface area contributed by atoms with Crippen molar-refractivity contribution in [2.75, 3.05) is 0 Å². The minimum absolute atomic E-state index is 0.0903. The monoisotopic (exact) mass is 338 g/mol. The predicted octanol–water partition coefficient (Wildman–Crippen LogP) is 4.75. The predicted molar refractivity (Wildman–Crippen MR) is 106 cm³/mol. The van der Waals surface area contributed by atoms with Gasteiger partial charge in [0, 0.05) is 6.10 Å². The smallest absolute Gasteiger partial charge is 0.261 e. The first-order valence-corrected chi connectivity index (χ1v) is 11.2. The molecule has 1 aliphatic carbocycles. The van der Waals surface area contributed by atoms with E-state index in [1.54, 1.807) is 0 Å². The van der Waals surface area contributed by atoms with Crippen LogP contribution in [0.5, 0.6) is 0 Å². The lowest BCUT2D eigenvalue weighted by Crippen LogP contribution is -2.68. The van der Waals surface area contributed by atoms with Gasteiger partial charge in [-0.15, -0.1) is 0 Å². The second kappa shape index (κ2) is 6.85. The molecule has 0 atom stereocenters. The highest BCUT2D eigenvalue weighted by atomic mass is 28.4. The third-order valence-electron chi connectivity index (χ3n) is 5.53. The molecule has 0 unspecified atom stereocenters. The number of rotatable bonds is 5. The molecule has 2 aromatic rings. The molecular weight excluding hydrogens is 308 g/mol. The molecule has 0 spiro atoms. The lowest BCUT2D eigenvalue weighted by atomic mass is 9.81. The van der Waals surface area contributed by atoms with E-state index in [0.29, 0.717) is 6.10 Å². The van der Waals surface area contributed by atoms with E-state index in [2.05, 4.69) is 88.4 Å². The highest BCUT2D eigenvalue weighted by Gasteiger charge is 2.52. The molecule has 1 fully saturated rings. The molecule has 0 amide bonds. The van der Waals surface area contributed by atoms with Gasteiger partial charge in [-0.3, -0.25) is 0 Å². The SMILES string of the molecule is CCC1CC(O[Si](c2ccccc2)(c2ccccc2)C(C)(C)C)C1. The van der Waals surface area contributed by atoms with Gasteiger partial charge in [-0.2, -0.15) is 0 Å². The van der Waals surface area contributed by atoms with Gasteiger partial charge >= 0.3 is 0 Å². The standard InChI is InChI=1S/C22H30OSi/c1-5-18-16-19(17-18)23-24(22(2,3)4,20-12-8-6-9-13-20)21-14-10-7-11-15-21/h6-15,18-19H,5,16-17H2,1-4H3. The van der Waals surface area contributed by atoms with Crippen LogP contribution in [0.3, 0.4) is 0 Å². The van der Waals surface area contributed by atoms with Crippen LogP contribution in [0.4, 0.5) is 0 Å². The Balaban J connectivity index is 2.08. The van der Waals surface area contributed by atoms with Crippen molar-refractivity contribution in [2.45, 2.75) is 58.1 Å². The van der Waals surface area contributed by atoms with Crippen LogP contribution in [0.15, 0.2) is 60.7 Å². The summed E-state index contributed by atoms with van der Waals surface area (Å²) in [6.07, 6.45) is 4.14. The highest BCUT2D eigenvalue weighted by molar-refractivity contribution is 6.99. The van der Waals surface area contributed by atoms with Crippen molar-refractivity contribution in [3.63, 3.8) is 0 Å². The van der Waals surface area contributed by atoms with Gasteiger partial charge < -0.3 is 4.43 Å². The van der Waals surface area contributed by atoms with Gasteiger partial charge in [0.15, 0.2) is 0 Å². The van der Waals surface area contributed by atoms with Gasteiger partial charge in [0.05, 0.1) is 0 Å². The average Bonchev–Trinajstić information content (AvgIpc) is 2.54. The van der Waals surface area contributed by atoms with E-state index in [0.717, 1.165) is 5.92 Å². The second-order valence-corrected chi connectivity index (χ2v) is 12.4. The fraction of sp³-hybridized carbons (Fsp3) is 0.455. The molecule has 1 aliphatic rings. The lowest BCUT2D eigenvalue weighted by molar-refractivity contribution is 0.0545. The molecule has 1 saturated carbocycles. The van der Waals surface area contributed by atoms with Gasteiger partial charge in [0.2, 0.25) is 0 Å². The fourth-order valence-electron chi connectivity index (χ4n) is 4.05. The molecule has 2 heteroatoms.